The van der Waals surface area contributed by atoms with E-state index in [9.17, 15) is 9.59 Å². The Morgan fingerprint density at radius 2 is 1.24 bits per heavy atom. The van der Waals surface area contributed by atoms with Crippen molar-refractivity contribution in [2.45, 2.75) is 114 Å². The number of carbonyl (C=O) groups excluding carboxylic acids is 2. The highest BCUT2D eigenvalue weighted by Crippen LogP contribution is 2.36. The van der Waals surface area contributed by atoms with Gasteiger partial charge >= 0.3 is 11.9 Å². The maximum Gasteiger partial charge on any atom is 0.336 e. The number of unbranched alkanes of at least 4 members (excludes halogenated alkanes) is 3. The molecule has 0 radical (unpaired) electrons. The first-order valence-electron chi connectivity index (χ1n) is 17.0. The normalized spacial score (nSPS) is 21.0. The lowest BCUT2D eigenvalue weighted by molar-refractivity contribution is -0.147. The van der Waals surface area contributed by atoms with Gasteiger partial charge in [-0.05, 0) is 111 Å². The van der Waals surface area contributed by atoms with Crippen molar-refractivity contribution in [1.82, 2.24) is 0 Å². The Balaban J connectivity index is 1.37. The molecule has 6 nitrogen and oxygen atoms in total. The van der Waals surface area contributed by atoms with Gasteiger partial charge in [0, 0.05) is 11.1 Å². The van der Waals surface area contributed by atoms with Gasteiger partial charge in [-0.25, -0.2) is 9.59 Å². The molecule has 0 bridgehead atoms. The van der Waals surface area contributed by atoms with Crippen molar-refractivity contribution in [3.8, 4) is 11.8 Å². The maximum absolute atomic E-state index is 12.0. The van der Waals surface area contributed by atoms with E-state index in [0.29, 0.717) is 11.8 Å². The van der Waals surface area contributed by atoms with Gasteiger partial charge in [-0.2, -0.15) is 0 Å². The van der Waals surface area contributed by atoms with Crippen LogP contribution in [0.2, 0.25) is 0 Å². The van der Waals surface area contributed by atoms with Crippen LogP contribution in [0.1, 0.15) is 124 Å². The second-order valence-corrected chi connectivity index (χ2v) is 12.9. The summed E-state index contributed by atoms with van der Waals surface area (Å²) in [5.74, 6) is 6.75. The molecule has 6 heteroatoms. The van der Waals surface area contributed by atoms with Crippen molar-refractivity contribution < 1.29 is 29.3 Å². The Morgan fingerprint density at radius 3 is 1.76 bits per heavy atom. The molecule has 0 saturated heterocycles. The van der Waals surface area contributed by atoms with E-state index in [2.05, 4.69) is 74.4 Å². The average molecular weight is 627 g/mol. The predicted molar refractivity (Wildman–Crippen MR) is 181 cm³/mol. The van der Waals surface area contributed by atoms with Crippen LogP contribution in [-0.2, 0) is 25.5 Å². The number of aliphatic hydroxyl groups is 2. The number of hydrogen-bond acceptors (Lipinski definition) is 6. The van der Waals surface area contributed by atoms with Crippen molar-refractivity contribution in [2.24, 2.45) is 0 Å². The van der Waals surface area contributed by atoms with E-state index < -0.39 is 11.9 Å². The van der Waals surface area contributed by atoms with Crippen LogP contribution >= 0.6 is 0 Å². The third-order valence-corrected chi connectivity index (χ3v) is 9.48. The highest BCUT2D eigenvalue weighted by molar-refractivity contribution is 5.88. The Kier molecular flexibility index (Phi) is 13.7. The summed E-state index contributed by atoms with van der Waals surface area (Å²) in [4.78, 5) is 24.0. The monoisotopic (exact) mass is 626 g/mol. The van der Waals surface area contributed by atoms with E-state index in [-0.39, 0.29) is 36.6 Å². The van der Waals surface area contributed by atoms with E-state index in [4.69, 9.17) is 19.7 Å². The minimum atomic E-state index is -0.498. The second-order valence-electron chi connectivity index (χ2n) is 12.9. The summed E-state index contributed by atoms with van der Waals surface area (Å²) < 4.78 is 11.0. The topological polar surface area (TPSA) is 93.1 Å². The fraction of sp³-hybridized carbons (Fsp3) is 0.500. The third kappa shape index (κ3) is 10.2. The first kappa shape index (κ1) is 35.2. The highest BCUT2D eigenvalue weighted by atomic mass is 16.5. The molecule has 2 aliphatic carbocycles. The second kappa shape index (κ2) is 17.9. The number of ether oxygens (including phenoxy) is 2. The highest BCUT2D eigenvalue weighted by Gasteiger charge is 2.27. The van der Waals surface area contributed by atoms with Gasteiger partial charge in [0.05, 0.1) is 24.4 Å². The zero-order valence-corrected chi connectivity index (χ0v) is 27.4. The van der Waals surface area contributed by atoms with Crippen molar-refractivity contribution in [3.05, 3.63) is 94.6 Å². The molecule has 46 heavy (non-hydrogen) atoms. The van der Waals surface area contributed by atoms with Gasteiger partial charge < -0.3 is 19.7 Å². The number of aryl methyl sites for hydroxylation is 1. The molecule has 0 unspecified atom stereocenters. The van der Waals surface area contributed by atoms with Crippen molar-refractivity contribution in [1.29, 1.82) is 0 Å². The molecule has 2 fully saturated rings. The predicted octanol–water partition coefficient (Wildman–Crippen LogP) is 7.45. The molecular formula is C40H50O6. The van der Waals surface area contributed by atoms with Crippen LogP contribution in [-0.4, -0.2) is 47.6 Å². The fourth-order valence-corrected chi connectivity index (χ4v) is 6.54. The summed E-state index contributed by atoms with van der Waals surface area (Å²) in [6.07, 6.45) is 12.7. The number of esters is 2. The Hall–Kier alpha value is -3.66. The van der Waals surface area contributed by atoms with E-state index in [1.807, 2.05) is 0 Å². The number of rotatable bonds is 13. The lowest BCUT2D eigenvalue weighted by Gasteiger charge is -2.29. The van der Waals surface area contributed by atoms with Crippen LogP contribution in [0.4, 0.5) is 0 Å². The molecule has 0 atom stereocenters. The molecule has 2 N–H and O–H groups in total. The zero-order chi connectivity index (χ0) is 32.9. The van der Waals surface area contributed by atoms with Crippen molar-refractivity contribution in [2.75, 3.05) is 13.2 Å². The van der Waals surface area contributed by atoms with E-state index >= 15 is 0 Å². The van der Waals surface area contributed by atoms with Gasteiger partial charge in [0.15, 0.2) is 0 Å². The van der Waals surface area contributed by atoms with Gasteiger partial charge in [0.2, 0.25) is 0 Å². The lowest BCUT2D eigenvalue weighted by Crippen LogP contribution is -2.25. The minimum absolute atomic E-state index is 0.102. The van der Waals surface area contributed by atoms with Crippen LogP contribution in [0.3, 0.4) is 0 Å². The van der Waals surface area contributed by atoms with E-state index in [0.717, 1.165) is 75.3 Å². The molecule has 2 saturated carbocycles. The van der Waals surface area contributed by atoms with Gasteiger partial charge in [0.1, 0.15) is 12.2 Å². The molecule has 0 amide bonds. The minimum Gasteiger partial charge on any atom is -0.459 e. The standard InChI is InChI=1S/C40H50O6/c1-4-5-6-7-8-35-25-36(34-19-23-38(24-20-34)46-40(44)29(3)27-42)16-15-33(35)14-11-30-9-12-31(13-10-30)32-17-21-37(22-18-32)45-39(43)28(2)26-41/h9-10,12-13,15-16,25,32,34,37-38,41-42H,2-8,17-24,26-27H2,1H3. The zero-order valence-electron chi connectivity index (χ0n) is 27.4. The smallest absolute Gasteiger partial charge is 0.336 e. The Bertz CT molecular complexity index is 1400. The van der Waals surface area contributed by atoms with Crippen LogP contribution in [0.5, 0.6) is 0 Å². The number of carbonyl (C=O) groups is 2. The van der Waals surface area contributed by atoms with Gasteiger partial charge in [-0.3, -0.25) is 0 Å². The van der Waals surface area contributed by atoms with E-state index in [1.54, 1.807) is 0 Å². The summed E-state index contributed by atoms with van der Waals surface area (Å²) in [5.41, 5.74) is 6.23. The number of hydrogen-bond donors (Lipinski definition) is 2. The molecule has 0 spiro atoms. The van der Waals surface area contributed by atoms with Gasteiger partial charge in [-0.1, -0.05) is 75.5 Å². The summed E-state index contributed by atoms with van der Waals surface area (Å²) in [6, 6.07) is 15.3. The lowest BCUT2D eigenvalue weighted by atomic mass is 9.81. The maximum atomic E-state index is 12.0. The molecule has 2 aromatic carbocycles. The average Bonchev–Trinajstić information content (AvgIpc) is 3.09. The van der Waals surface area contributed by atoms with Crippen molar-refractivity contribution in [3.63, 3.8) is 0 Å². The number of benzene rings is 2. The summed E-state index contributed by atoms with van der Waals surface area (Å²) in [5, 5.41) is 18.2. The number of aliphatic hydroxyl groups excluding tert-OH is 2. The van der Waals surface area contributed by atoms with Gasteiger partial charge in [0.25, 0.3) is 0 Å². The van der Waals surface area contributed by atoms with Crippen LogP contribution in [0.15, 0.2) is 66.8 Å². The van der Waals surface area contributed by atoms with Crippen LogP contribution in [0.25, 0.3) is 0 Å². The first-order chi connectivity index (χ1) is 22.3. The van der Waals surface area contributed by atoms with E-state index in [1.165, 1.54) is 36.0 Å². The molecule has 2 aliphatic rings. The molecular weight excluding hydrogens is 576 g/mol. The van der Waals surface area contributed by atoms with Crippen LogP contribution in [0, 0.1) is 11.8 Å². The first-order valence-corrected chi connectivity index (χ1v) is 17.0. The summed E-state index contributed by atoms with van der Waals surface area (Å²) in [7, 11) is 0. The third-order valence-electron chi connectivity index (χ3n) is 9.48. The fourth-order valence-electron chi connectivity index (χ4n) is 6.54. The van der Waals surface area contributed by atoms with Gasteiger partial charge in [-0.15, -0.1) is 0 Å². The molecule has 0 aromatic heterocycles. The quantitative estimate of drug-likeness (QED) is 0.104. The molecule has 4 rings (SSSR count). The molecule has 246 valence electrons. The van der Waals surface area contributed by atoms with Crippen molar-refractivity contribution >= 4 is 11.9 Å². The molecule has 0 heterocycles. The summed E-state index contributed by atoms with van der Waals surface area (Å²) >= 11 is 0. The molecule has 2 aromatic rings. The Labute approximate surface area is 274 Å². The largest absolute Gasteiger partial charge is 0.459 e. The molecule has 0 aliphatic heterocycles. The SMILES string of the molecule is C=C(CO)C(=O)OC1CCC(c2ccc(C#Cc3ccc(C4CCC(OC(=O)C(=C)CO)CC4)cc3CCCCCC)cc2)CC1. The Morgan fingerprint density at radius 1 is 0.717 bits per heavy atom. The van der Waals surface area contributed by atoms with Crippen LogP contribution < -0.4 is 0 Å². The summed E-state index contributed by atoms with van der Waals surface area (Å²) in [6.45, 7) is 8.61.